The Balaban J connectivity index is 2.05. The number of carbonyl (C=O) groups excluding carboxylic acids is 1. The molecule has 1 amide bonds. The number of hydrogen-bond donors (Lipinski definition) is 1. The van der Waals surface area contributed by atoms with Crippen LogP contribution in [0.2, 0.25) is 0 Å². The van der Waals surface area contributed by atoms with Crippen molar-refractivity contribution in [2.45, 2.75) is 25.3 Å². The van der Waals surface area contributed by atoms with Crippen molar-refractivity contribution in [2.75, 3.05) is 33.7 Å². The first-order valence-corrected chi connectivity index (χ1v) is 10.7. The van der Waals surface area contributed by atoms with Crippen LogP contribution in [0.4, 0.5) is 0 Å². The first-order valence-electron chi connectivity index (χ1n) is 9.30. The maximum Gasteiger partial charge on any atom is 0.271 e. The van der Waals surface area contributed by atoms with Gasteiger partial charge in [-0.2, -0.15) is 4.31 Å². The van der Waals surface area contributed by atoms with Crippen LogP contribution in [0.25, 0.3) is 5.69 Å². The molecule has 0 radical (unpaired) electrons. The highest BCUT2D eigenvalue weighted by Gasteiger charge is 2.34. The Labute approximate surface area is 166 Å². The zero-order valence-electron chi connectivity index (χ0n) is 16.7. The number of nitrogens with zero attached hydrogens (tertiary/aromatic N) is 4. The first-order chi connectivity index (χ1) is 13.2. The van der Waals surface area contributed by atoms with E-state index in [1.807, 2.05) is 32.8 Å². The summed E-state index contributed by atoms with van der Waals surface area (Å²) in [4.78, 5) is 19.2. The second-order valence-electron chi connectivity index (χ2n) is 7.63. The van der Waals surface area contributed by atoms with Gasteiger partial charge in [-0.25, -0.2) is 13.4 Å². The molecule has 2 aromatic rings. The Morgan fingerprint density at radius 3 is 2.68 bits per heavy atom. The van der Waals surface area contributed by atoms with Gasteiger partial charge in [0.1, 0.15) is 11.2 Å². The highest BCUT2D eigenvalue weighted by atomic mass is 32.2. The van der Waals surface area contributed by atoms with Crippen molar-refractivity contribution < 1.29 is 13.2 Å². The van der Waals surface area contributed by atoms with Crippen molar-refractivity contribution in [1.82, 2.24) is 24.1 Å². The molecule has 1 N–H and O–H groups in total. The van der Waals surface area contributed by atoms with E-state index in [4.69, 9.17) is 0 Å². The van der Waals surface area contributed by atoms with E-state index in [1.54, 1.807) is 28.8 Å². The number of aromatic nitrogens is 2. The van der Waals surface area contributed by atoms with Crippen molar-refractivity contribution in [3.8, 4) is 5.69 Å². The van der Waals surface area contributed by atoms with Crippen LogP contribution < -0.4 is 5.32 Å². The number of carbonyl (C=O) groups is 1. The molecule has 0 saturated heterocycles. The molecule has 2 heterocycles. The molecule has 8 nitrogen and oxygen atoms in total. The van der Waals surface area contributed by atoms with E-state index in [0.717, 1.165) is 0 Å². The van der Waals surface area contributed by atoms with Crippen LogP contribution in [-0.2, 0) is 16.6 Å². The van der Waals surface area contributed by atoms with Crippen LogP contribution in [0.1, 0.15) is 30.0 Å². The highest BCUT2D eigenvalue weighted by Crippen LogP contribution is 2.31. The summed E-state index contributed by atoms with van der Waals surface area (Å²) in [5.74, 6) is -0.148. The second kappa shape index (κ2) is 8.02. The Morgan fingerprint density at radius 2 is 2.00 bits per heavy atom. The summed E-state index contributed by atoms with van der Waals surface area (Å²) in [5.41, 5.74) is 1.36. The Kier molecular flexibility index (Phi) is 5.87. The summed E-state index contributed by atoms with van der Waals surface area (Å²) in [5, 5.41) is 2.86. The van der Waals surface area contributed by atoms with Crippen LogP contribution in [0.3, 0.4) is 0 Å². The summed E-state index contributed by atoms with van der Waals surface area (Å²) in [6.07, 6.45) is 1.53. The van der Waals surface area contributed by atoms with Crippen LogP contribution >= 0.6 is 0 Å². The molecule has 28 heavy (non-hydrogen) atoms. The summed E-state index contributed by atoms with van der Waals surface area (Å²) in [6, 6.07) is 6.84. The standard InChI is InChI=1S/C19H27N5O3S/c1-14(2)11-23-12-16-18(19(25)20-9-10-22(3)4)21-13-24(16)15-7-5-6-8-17(15)28(23,26)27/h5-8,13-14H,9-12H2,1-4H3,(H,20,25). The zero-order chi connectivity index (χ0) is 20.5. The van der Waals surface area contributed by atoms with Crippen molar-refractivity contribution in [2.24, 2.45) is 5.92 Å². The lowest BCUT2D eigenvalue weighted by Gasteiger charge is -2.22. The number of imidazole rings is 1. The lowest BCUT2D eigenvalue weighted by Crippen LogP contribution is -2.35. The summed E-state index contributed by atoms with van der Waals surface area (Å²) in [7, 11) is 0.186. The lowest BCUT2D eigenvalue weighted by atomic mass is 10.2. The molecular weight excluding hydrogens is 378 g/mol. The van der Waals surface area contributed by atoms with Gasteiger partial charge < -0.3 is 10.2 Å². The number of likely N-dealkylation sites (N-methyl/N-ethyl adjacent to an activating group) is 1. The third-order valence-corrected chi connectivity index (χ3v) is 6.42. The second-order valence-corrected chi connectivity index (χ2v) is 9.53. The Bertz CT molecular complexity index is 966. The molecule has 1 aliphatic heterocycles. The molecule has 0 aliphatic carbocycles. The van der Waals surface area contributed by atoms with Gasteiger partial charge in [-0.1, -0.05) is 26.0 Å². The fourth-order valence-corrected chi connectivity index (χ4v) is 4.98. The van der Waals surface area contributed by atoms with Gasteiger partial charge >= 0.3 is 0 Å². The number of fused-ring (bicyclic) bond motifs is 3. The molecule has 0 atom stereocenters. The summed E-state index contributed by atoms with van der Waals surface area (Å²) in [6.45, 7) is 5.60. The third kappa shape index (κ3) is 3.96. The van der Waals surface area contributed by atoms with Gasteiger partial charge in [0.05, 0.1) is 17.9 Å². The molecule has 3 rings (SSSR count). The monoisotopic (exact) mass is 405 g/mol. The molecule has 0 bridgehead atoms. The Morgan fingerprint density at radius 1 is 1.29 bits per heavy atom. The number of hydrogen-bond acceptors (Lipinski definition) is 5. The van der Waals surface area contributed by atoms with Crippen molar-refractivity contribution in [3.05, 3.63) is 42.0 Å². The number of nitrogens with one attached hydrogen (secondary N) is 1. The summed E-state index contributed by atoms with van der Waals surface area (Å²) >= 11 is 0. The lowest BCUT2D eigenvalue weighted by molar-refractivity contribution is 0.0944. The predicted molar refractivity (Wildman–Crippen MR) is 107 cm³/mol. The minimum absolute atomic E-state index is 0.103. The van der Waals surface area contributed by atoms with Crippen LogP contribution in [0, 0.1) is 5.92 Å². The molecule has 0 spiro atoms. The molecule has 0 saturated carbocycles. The van der Waals surface area contributed by atoms with E-state index < -0.39 is 10.0 Å². The molecule has 1 aromatic carbocycles. The number of amides is 1. The molecule has 0 fully saturated rings. The van der Waals surface area contributed by atoms with E-state index in [-0.39, 0.29) is 29.0 Å². The third-order valence-electron chi connectivity index (χ3n) is 4.56. The number of para-hydroxylation sites is 1. The van der Waals surface area contributed by atoms with Crippen LogP contribution in [0.15, 0.2) is 35.5 Å². The van der Waals surface area contributed by atoms with E-state index >= 15 is 0 Å². The average molecular weight is 406 g/mol. The maximum atomic E-state index is 13.2. The molecule has 9 heteroatoms. The Hall–Kier alpha value is -2.23. The maximum absolute atomic E-state index is 13.2. The average Bonchev–Trinajstić information content (AvgIpc) is 3.00. The highest BCUT2D eigenvalue weighted by molar-refractivity contribution is 7.89. The SMILES string of the molecule is CC(C)CN1Cc2c(C(=O)NCCN(C)C)ncn2-c2ccccc2S1(=O)=O. The topological polar surface area (TPSA) is 87.5 Å². The molecule has 1 aromatic heterocycles. The molecule has 152 valence electrons. The quantitative estimate of drug-likeness (QED) is 0.783. The smallest absolute Gasteiger partial charge is 0.271 e. The number of sulfonamides is 1. The van der Waals surface area contributed by atoms with E-state index in [2.05, 4.69) is 10.3 Å². The minimum Gasteiger partial charge on any atom is -0.349 e. The largest absolute Gasteiger partial charge is 0.349 e. The predicted octanol–water partition coefficient (Wildman–Crippen LogP) is 1.32. The van der Waals surface area contributed by atoms with Gasteiger partial charge in [0, 0.05) is 19.6 Å². The normalized spacial score (nSPS) is 15.9. The molecular formula is C19H27N5O3S. The number of benzene rings is 1. The van der Waals surface area contributed by atoms with Crippen molar-refractivity contribution in [1.29, 1.82) is 0 Å². The van der Waals surface area contributed by atoms with Gasteiger partial charge in [0.15, 0.2) is 5.69 Å². The van der Waals surface area contributed by atoms with Gasteiger partial charge in [0.2, 0.25) is 10.0 Å². The molecule has 0 unspecified atom stereocenters. The fraction of sp³-hybridized carbons (Fsp3) is 0.474. The van der Waals surface area contributed by atoms with E-state index in [0.29, 0.717) is 31.0 Å². The minimum atomic E-state index is -3.68. The van der Waals surface area contributed by atoms with Gasteiger partial charge in [-0.15, -0.1) is 0 Å². The zero-order valence-corrected chi connectivity index (χ0v) is 17.5. The number of rotatable bonds is 6. The van der Waals surface area contributed by atoms with Gasteiger partial charge in [-0.05, 0) is 32.1 Å². The van der Waals surface area contributed by atoms with Crippen molar-refractivity contribution in [3.63, 3.8) is 0 Å². The van der Waals surface area contributed by atoms with E-state index in [1.165, 1.54) is 10.6 Å². The fourth-order valence-electron chi connectivity index (χ4n) is 3.23. The molecule has 1 aliphatic rings. The van der Waals surface area contributed by atoms with Gasteiger partial charge in [-0.3, -0.25) is 9.36 Å². The van der Waals surface area contributed by atoms with Crippen molar-refractivity contribution >= 4 is 15.9 Å². The van der Waals surface area contributed by atoms with E-state index in [9.17, 15) is 13.2 Å². The first kappa shape index (κ1) is 20.5. The summed E-state index contributed by atoms with van der Waals surface area (Å²) < 4.78 is 29.6. The van der Waals surface area contributed by atoms with Crippen LogP contribution in [-0.4, -0.2) is 66.8 Å². The van der Waals surface area contributed by atoms with Crippen LogP contribution in [0.5, 0.6) is 0 Å². The van der Waals surface area contributed by atoms with Gasteiger partial charge in [0.25, 0.3) is 5.91 Å².